The second-order valence-electron chi connectivity index (χ2n) is 15.7. The zero-order valence-electron chi connectivity index (χ0n) is 30.7. The number of anilines is 1. The van der Waals surface area contributed by atoms with Crippen LogP contribution >= 0.6 is 0 Å². The van der Waals surface area contributed by atoms with E-state index in [1.165, 1.54) is 72.3 Å². The SMILES string of the molecule is CC(C)(C)c1ccc(-c2ccc(-c3cc(-c4ccccc4)cc(-c4ccc(-c5ccc(C(C)(C)C)cc5)cc4)c3-c3ccc(N)cc3)cc2)cc1. The summed E-state index contributed by atoms with van der Waals surface area (Å²) in [5.74, 6) is 0. The zero-order chi connectivity index (χ0) is 35.8. The van der Waals surface area contributed by atoms with Gasteiger partial charge in [0.2, 0.25) is 0 Å². The van der Waals surface area contributed by atoms with Crippen LogP contribution in [0.15, 0.2) is 164 Å². The van der Waals surface area contributed by atoms with Gasteiger partial charge in [-0.25, -0.2) is 0 Å². The predicted molar refractivity (Wildman–Crippen MR) is 221 cm³/mol. The second kappa shape index (κ2) is 13.6. The quantitative estimate of drug-likeness (QED) is 0.176. The topological polar surface area (TPSA) is 26.0 Å². The molecule has 0 atom stereocenters. The molecular formula is C50H47N. The van der Waals surface area contributed by atoms with Gasteiger partial charge in [0.25, 0.3) is 0 Å². The first-order valence-corrected chi connectivity index (χ1v) is 18.0. The molecule has 2 N–H and O–H groups in total. The predicted octanol–water partition coefficient (Wildman–Crippen LogP) is 13.9. The summed E-state index contributed by atoms with van der Waals surface area (Å²) in [5, 5.41) is 0. The molecule has 7 aromatic rings. The van der Waals surface area contributed by atoms with E-state index in [9.17, 15) is 0 Å². The van der Waals surface area contributed by atoms with Crippen molar-refractivity contribution in [3.05, 3.63) is 175 Å². The van der Waals surface area contributed by atoms with E-state index < -0.39 is 0 Å². The fourth-order valence-electron chi connectivity index (χ4n) is 6.87. The molecule has 0 aliphatic rings. The first-order chi connectivity index (χ1) is 24.4. The summed E-state index contributed by atoms with van der Waals surface area (Å²) in [6.45, 7) is 13.5. The Morgan fingerprint density at radius 3 is 1.00 bits per heavy atom. The fraction of sp³-hybridized carbons (Fsp3) is 0.160. The van der Waals surface area contributed by atoms with Gasteiger partial charge in [-0.1, -0.05) is 181 Å². The zero-order valence-corrected chi connectivity index (χ0v) is 30.7. The second-order valence-corrected chi connectivity index (χ2v) is 15.7. The van der Waals surface area contributed by atoms with Crippen LogP contribution in [-0.4, -0.2) is 0 Å². The van der Waals surface area contributed by atoms with Crippen LogP contribution in [0.25, 0.3) is 66.8 Å². The molecule has 0 aromatic heterocycles. The Labute approximate surface area is 304 Å². The Morgan fingerprint density at radius 1 is 0.314 bits per heavy atom. The summed E-state index contributed by atoms with van der Waals surface area (Å²) in [4.78, 5) is 0. The minimum atomic E-state index is 0.125. The molecule has 0 heterocycles. The number of benzene rings is 7. The van der Waals surface area contributed by atoms with E-state index in [0.29, 0.717) is 0 Å². The molecule has 51 heavy (non-hydrogen) atoms. The molecule has 1 nitrogen and oxygen atoms in total. The summed E-state index contributed by atoms with van der Waals surface area (Å²) >= 11 is 0. The van der Waals surface area contributed by atoms with Gasteiger partial charge >= 0.3 is 0 Å². The van der Waals surface area contributed by atoms with Gasteiger partial charge in [-0.3, -0.25) is 0 Å². The van der Waals surface area contributed by atoms with Crippen LogP contribution in [-0.2, 0) is 10.8 Å². The van der Waals surface area contributed by atoms with Crippen LogP contribution < -0.4 is 5.73 Å². The van der Waals surface area contributed by atoms with Crippen molar-refractivity contribution in [3.63, 3.8) is 0 Å². The van der Waals surface area contributed by atoms with Crippen LogP contribution in [0.5, 0.6) is 0 Å². The van der Waals surface area contributed by atoms with E-state index in [4.69, 9.17) is 5.73 Å². The molecule has 1 heteroatoms. The highest BCUT2D eigenvalue weighted by Crippen LogP contribution is 2.44. The van der Waals surface area contributed by atoms with Crippen LogP contribution in [0, 0.1) is 0 Å². The van der Waals surface area contributed by atoms with E-state index in [-0.39, 0.29) is 10.8 Å². The molecule has 252 valence electrons. The van der Waals surface area contributed by atoms with Crippen LogP contribution in [0.2, 0.25) is 0 Å². The molecule has 0 aliphatic heterocycles. The molecule has 0 unspecified atom stereocenters. The van der Waals surface area contributed by atoms with Crippen molar-refractivity contribution in [3.8, 4) is 66.8 Å². The largest absolute Gasteiger partial charge is 0.399 e. The maximum absolute atomic E-state index is 6.21. The van der Waals surface area contributed by atoms with E-state index >= 15 is 0 Å². The number of hydrogen-bond acceptors (Lipinski definition) is 1. The standard InChI is InChI=1S/C50H47N/c1-49(2,3)43-26-20-37(21-27-43)35-12-16-39(17-13-35)46-32-42(34-10-8-7-9-11-34)33-47(48(46)41-24-30-45(51)31-25-41)40-18-14-36(15-19-40)38-22-28-44(29-23-38)50(4,5)6/h7-33H,51H2,1-6H3. The van der Waals surface area contributed by atoms with Gasteiger partial charge in [0.05, 0.1) is 0 Å². The molecule has 0 saturated heterocycles. The summed E-state index contributed by atoms with van der Waals surface area (Å²) in [7, 11) is 0. The smallest absolute Gasteiger partial charge is 0.0314 e. The van der Waals surface area contributed by atoms with Gasteiger partial charge in [0.1, 0.15) is 0 Å². The fourth-order valence-corrected chi connectivity index (χ4v) is 6.87. The van der Waals surface area contributed by atoms with Gasteiger partial charge in [-0.2, -0.15) is 0 Å². The molecule has 7 rings (SSSR count). The molecule has 0 bridgehead atoms. The third-order valence-electron chi connectivity index (χ3n) is 10.0. The summed E-state index contributed by atoms with van der Waals surface area (Å²) in [6.07, 6.45) is 0. The monoisotopic (exact) mass is 661 g/mol. The van der Waals surface area contributed by atoms with Gasteiger partial charge < -0.3 is 5.73 Å². The van der Waals surface area contributed by atoms with Crippen LogP contribution in [0.1, 0.15) is 52.7 Å². The highest BCUT2D eigenvalue weighted by molar-refractivity contribution is 5.98. The lowest BCUT2D eigenvalue weighted by Crippen LogP contribution is -2.10. The highest BCUT2D eigenvalue weighted by Gasteiger charge is 2.19. The van der Waals surface area contributed by atoms with Crippen molar-refractivity contribution in [2.24, 2.45) is 0 Å². The van der Waals surface area contributed by atoms with Gasteiger partial charge in [-0.05, 0) is 113 Å². The molecule has 0 saturated carbocycles. The van der Waals surface area contributed by atoms with Crippen molar-refractivity contribution < 1.29 is 0 Å². The van der Waals surface area contributed by atoms with Gasteiger partial charge in [0.15, 0.2) is 0 Å². The van der Waals surface area contributed by atoms with Crippen LogP contribution in [0.4, 0.5) is 5.69 Å². The maximum atomic E-state index is 6.21. The van der Waals surface area contributed by atoms with E-state index in [1.807, 2.05) is 12.1 Å². The van der Waals surface area contributed by atoms with E-state index in [2.05, 4.69) is 193 Å². The normalized spacial score (nSPS) is 11.8. The summed E-state index contributed by atoms with van der Waals surface area (Å²) in [6, 6.07) is 59.8. The first kappa shape index (κ1) is 33.8. The Balaban J connectivity index is 1.37. The maximum Gasteiger partial charge on any atom is 0.0314 e. The van der Waals surface area contributed by atoms with Gasteiger partial charge in [-0.15, -0.1) is 0 Å². The van der Waals surface area contributed by atoms with Crippen molar-refractivity contribution >= 4 is 5.69 Å². The summed E-state index contributed by atoms with van der Waals surface area (Å²) in [5.41, 5.74) is 24.2. The molecule has 0 amide bonds. The van der Waals surface area contributed by atoms with Crippen molar-refractivity contribution in [2.75, 3.05) is 5.73 Å². The van der Waals surface area contributed by atoms with Crippen LogP contribution in [0.3, 0.4) is 0 Å². The highest BCUT2D eigenvalue weighted by atomic mass is 14.5. The minimum Gasteiger partial charge on any atom is -0.399 e. The number of hydrogen-bond donors (Lipinski definition) is 1. The third-order valence-corrected chi connectivity index (χ3v) is 10.0. The molecular weight excluding hydrogens is 615 g/mol. The number of nitrogens with two attached hydrogens (primary N) is 1. The molecule has 7 aromatic carbocycles. The average Bonchev–Trinajstić information content (AvgIpc) is 3.15. The van der Waals surface area contributed by atoms with Crippen molar-refractivity contribution in [1.82, 2.24) is 0 Å². The average molecular weight is 662 g/mol. The Bertz CT molecular complexity index is 2120. The Morgan fingerprint density at radius 2 is 0.627 bits per heavy atom. The Hall–Kier alpha value is -5.66. The van der Waals surface area contributed by atoms with Gasteiger partial charge in [0, 0.05) is 5.69 Å². The van der Waals surface area contributed by atoms with E-state index in [1.54, 1.807) is 0 Å². The van der Waals surface area contributed by atoms with E-state index in [0.717, 1.165) is 11.3 Å². The lowest BCUT2D eigenvalue weighted by molar-refractivity contribution is 0.590. The third kappa shape index (κ3) is 7.30. The lowest BCUT2D eigenvalue weighted by atomic mass is 9.83. The first-order valence-electron chi connectivity index (χ1n) is 18.0. The molecule has 0 spiro atoms. The van der Waals surface area contributed by atoms with Crippen molar-refractivity contribution in [2.45, 2.75) is 52.4 Å². The molecule has 0 fully saturated rings. The Kier molecular flexibility index (Phi) is 9.00. The molecule has 0 aliphatic carbocycles. The number of rotatable bonds is 6. The lowest BCUT2D eigenvalue weighted by Gasteiger charge is -2.20. The molecule has 0 radical (unpaired) electrons. The number of nitrogen functional groups attached to an aromatic ring is 1. The summed E-state index contributed by atoms with van der Waals surface area (Å²) < 4.78 is 0. The van der Waals surface area contributed by atoms with Crippen molar-refractivity contribution in [1.29, 1.82) is 0 Å². The minimum absolute atomic E-state index is 0.125.